The summed E-state index contributed by atoms with van der Waals surface area (Å²) < 4.78 is 50.1. The summed E-state index contributed by atoms with van der Waals surface area (Å²) in [7, 11) is 0. The van der Waals surface area contributed by atoms with E-state index in [4.69, 9.17) is 37.9 Å². The molecular weight excluding hydrogens is 1070 g/mol. The Kier molecular flexibility index (Phi) is 18.2. The minimum atomic E-state index is -1.03. The molecule has 0 aromatic heterocycles. The van der Waals surface area contributed by atoms with Gasteiger partial charge in [-0.3, -0.25) is 0 Å². The molecule has 0 heterocycles. The summed E-state index contributed by atoms with van der Waals surface area (Å²) in [4.78, 5) is 0. The zero-order valence-electron chi connectivity index (χ0n) is 48.4. The molecule has 8 aromatic carbocycles. The van der Waals surface area contributed by atoms with Gasteiger partial charge in [-0.05, 0) is 150 Å². The molecule has 8 aromatic rings. The molecule has 16 heteroatoms. The molecule has 1 aliphatic carbocycles. The summed E-state index contributed by atoms with van der Waals surface area (Å²) in [5.41, 5.74) is 4.91. The number of rotatable bonds is 20. The molecule has 16 nitrogen and oxygen atoms in total. The molecule has 0 radical (unpaired) electrons. The summed E-state index contributed by atoms with van der Waals surface area (Å²) in [5, 5.41) is 96.4. The average Bonchev–Trinajstić information content (AvgIpc) is 1.55. The largest absolute Gasteiger partial charge is 0.507 e. The minimum absolute atomic E-state index is 0.134. The van der Waals surface area contributed by atoms with E-state index >= 15 is 0 Å². The van der Waals surface area contributed by atoms with Gasteiger partial charge in [-0.1, -0.05) is 24.3 Å². The van der Waals surface area contributed by atoms with Crippen LogP contribution in [0, 0.1) is 0 Å². The fourth-order valence-electron chi connectivity index (χ4n) is 11.4. The third-order valence-electron chi connectivity index (χ3n) is 14.8. The van der Waals surface area contributed by atoms with E-state index in [0.717, 1.165) is 0 Å². The molecule has 0 amide bonds. The number of hydrogen-bond donors (Lipinski definition) is 8. The first-order chi connectivity index (χ1) is 40.6. The first-order valence-corrected chi connectivity index (χ1v) is 28.4. The van der Waals surface area contributed by atoms with Gasteiger partial charge in [0.05, 0.1) is 52.9 Å². The second-order valence-corrected chi connectivity index (χ2v) is 19.9. The molecule has 4 atom stereocenters. The summed E-state index contributed by atoms with van der Waals surface area (Å²) >= 11 is 0. The highest BCUT2D eigenvalue weighted by Gasteiger charge is 2.37. The van der Waals surface area contributed by atoms with Crippen LogP contribution >= 0.6 is 0 Å². The van der Waals surface area contributed by atoms with E-state index in [2.05, 4.69) is 0 Å². The third-order valence-corrected chi connectivity index (χ3v) is 14.8. The van der Waals surface area contributed by atoms with Crippen LogP contribution in [0.25, 0.3) is 0 Å². The van der Waals surface area contributed by atoms with Crippen molar-refractivity contribution in [2.24, 2.45) is 0 Å². The van der Waals surface area contributed by atoms with Gasteiger partial charge >= 0.3 is 0 Å². The molecule has 84 heavy (non-hydrogen) atoms. The number of ether oxygens (including phenoxy) is 8. The number of hydrogen-bond acceptors (Lipinski definition) is 16. The van der Waals surface area contributed by atoms with Gasteiger partial charge in [0, 0.05) is 92.4 Å². The van der Waals surface area contributed by atoms with Gasteiger partial charge in [0.2, 0.25) is 0 Å². The van der Waals surface area contributed by atoms with Crippen LogP contribution in [0.15, 0.2) is 121 Å². The summed E-state index contributed by atoms with van der Waals surface area (Å²) in [6.45, 7) is 15.8. The van der Waals surface area contributed by atoms with Gasteiger partial charge < -0.3 is 78.7 Å². The van der Waals surface area contributed by atoms with E-state index in [1.165, 1.54) is 48.5 Å². The van der Waals surface area contributed by atoms with Crippen LogP contribution in [0.4, 0.5) is 0 Å². The molecule has 0 aliphatic heterocycles. The Morgan fingerprint density at radius 1 is 0.214 bits per heavy atom. The van der Waals surface area contributed by atoms with Gasteiger partial charge in [0.25, 0.3) is 0 Å². The van der Waals surface area contributed by atoms with Crippen LogP contribution in [0.2, 0.25) is 0 Å². The van der Waals surface area contributed by atoms with Crippen LogP contribution < -0.4 is 37.9 Å². The zero-order chi connectivity index (χ0) is 59.9. The monoisotopic (exact) mass is 1140 g/mol. The molecular formula is C68H72O16. The fourth-order valence-corrected chi connectivity index (χ4v) is 11.4. The molecule has 1 aliphatic rings. The van der Waals surface area contributed by atoms with Crippen molar-refractivity contribution < 1.29 is 78.7 Å². The first kappa shape index (κ1) is 59.2. The lowest BCUT2D eigenvalue weighted by Gasteiger charge is -2.31. The van der Waals surface area contributed by atoms with Crippen molar-refractivity contribution in [2.45, 2.75) is 79.1 Å². The van der Waals surface area contributed by atoms with Gasteiger partial charge in [-0.2, -0.15) is 0 Å². The molecule has 0 saturated heterocycles. The third kappa shape index (κ3) is 11.7. The van der Waals surface area contributed by atoms with Crippen molar-refractivity contribution in [1.82, 2.24) is 0 Å². The van der Waals surface area contributed by atoms with E-state index in [0.29, 0.717) is 44.5 Å². The SMILES string of the molecule is CCOc1cc(C2c3cc(c(OCC)cc3O)C(c3ccc(O)c(OCC)c3)c3cc(c(OCC)cc3O)C(c3ccc(O)c(OCC)c3)c3cc(c(OCC)cc3O)C(c3ccc(O)c(OCC)c3)c3cc2c(OCC)cc3O)ccc1O. The van der Waals surface area contributed by atoms with Crippen molar-refractivity contribution in [3.8, 4) is 92.0 Å². The van der Waals surface area contributed by atoms with Crippen LogP contribution in [-0.4, -0.2) is 93.7 Å². The van der Waals surface area contributed by atoms with Crippen molar-refractivity contribution in [3.63, 3.8) is 0 Å². The number of benzene rings is 8. The lowest BCUT2D eigenvalue weighted by molar-refractivity contribution is 0.317. The standard InChI is InChI=1S/C68H72O16/c1-9-77-57-33-53(73)41-29-45(57)65(37-17-21-49(69)61(25-37)81-13-5)42-30-46(58(78-10-2)34-54(42)74)67(39-19-23-51(71)63(27-39)83-15-7)44-32-48(60(80-12-4)36-56(44)76)68(40-20-24-52(72)64(28-40)84-16-8)43-31-47(59(79-11-3)35-55(43)75)66(41)38-18-22-50(70)62(26-38)82-14-6/h17-36,65-76H,9-16H2,1-8H3. The molecule has 0 fully saturated rings. The van der Waals surface area contributed by atoms with E-state index in [9.17, 15) is 40.9 Å². The van der Waals surface area contributed by atoms with Crippen molar-refractivity contribution in [3.05, 3.63) is 188 Å². The maximum atomic E-state index is 12.8. The normalized spacial score (nSPS) is 15.4. The van der Waals surface area contributed by atoms with Crippen molar-refractivity contribution >= 4 is 0 Å². The van der Waals surface area contributed by atoms with E-state index in [1.54, 1.807) is 128 Å². The number of phenolic OH excluding ortho intramolecular Hbond substituents is 8. The van der Waals surface area contributed by atoms with E-state index in [-0.39, 0.29) is 167 Å². The highest BCUT2D eigenvalue weighted by Crippen LogP contribution is 2.56. The molecule has 4 unspecified atom stereocenters. The maximum Gasteiger partial charge on any atom is 0.161 e. The minimum Gasteiger partial charge on any atom is -0.507 e. The Hall–Kier alpha value is -9.44. The number of fused-ring (bicyclic) bond motifs is 8. The molecule has 0 spiro atoms. The lowest BCUT2D eigenvalue weighted by atomic mass is 9.75. The van der Waals surface area contributed by atoms with Gasteiger partial charge in [-0.25, -0.2) is 0 Å². The zero-order valence-corrected chi connectivity index (χ0v) is 48.4. The van der Waals surface area contributed by atoms with Crippen LogP contribution in [0.1, 0.15) is 146 Å². The molecule has 8 N–H and O–H groups in total. The molecule has 8 bridgehead atoms. The second-order valence-electron chi connectivity index (χ2n) is 19.9. The number of aromatic hydroxyl groups is 8. The van der Waals surface area contributed by atoms with Crippen molar-refractivity contribution in [1.29, 1.82) is 0 Å². The Bertz CT molecular complexity index is 3190. The lowest BCUT2D eigenvalue weighted by Crippen LogP contribution is -2.15. The van der Waals surface area contributed by atoms with Crippen LogP contribution in [0.5, 0.6) is 92.0 Å². The van der Waals surface area contributed by atoms with E-state index < -0.39 is 23.7 Å². The second kappa shape index (κ2) is 25.8. The highest BCUT2D eigenvalue weighted by atomic mass is 16.5. The summed E-state index contributed by atoms with van der Waals surface area (Å²) in [6, 6.07) is 32.8. The predicted molar refractivity (Wildman–Crippen MR) is 318 cm³/mol. The van der Waals surface area contributed by atoms with Crippen LogP contribution in [0.3, 0.4) is 0 Å². The molecule has 0 saturated carbocycles. The van der Waals surface area contributed by atoms with Gasteiger partial charge in [0.1, 0.15) is 46.0 Å². The molecule has 440 valence electrons. The van der Waals surface area contributed by atoms with Crippen LogP contribution in [-0.2, 0) is 0 Å². The quantitative estimate of drug-likeness (QED) is 0.0354. The Morgan fingerprint density at radius 3 is 0.571 bits per heavy atom. The van der Waals surface area contributed by atoms with Crippen molar-refractivity contribution in [2.75, 3.05) is 52.9 Å². The Morgan fingerprint density at radius 2 is 0.393 bits per heavy atom. The van der Waals surface area contributed by atoms with Gasteiger partial charge in [0.15, 0.2) is 46.0 Å². The molecule has 9 rings (SSSR count). The summed E-state index contributed by atoms with van der Waals surface area (Å²) in [6.07, 6.45) is 0. The first-order valence-electron chi connectivity index (χ1n) is 28.4. The average molecular weight is 1150 g/mol. The fraction of sp³-hybridized carbons (Fsp3) is 0.294. The summed E-state index contributed by atoms with van der Waals surface area (Å²) in [5.74, 6) is -4.01. The number of phenols is 8. The smallest absolute Gasteiger partial charge is 0.161 e. The predicted octanol–water partition coefficient (Wildman–Crippen LogP) is 13.6. The highest BCUT2D eigenvalue weighted by molar-refractivity contribution is 5.69. The Balaban J connectivity index is 1.56. The topological polar surface area (TPSA) is 236 Å². The maximum absolute atomic E-state index is 12.8. The Labute approximate surface area is 488 Å². The van der Waals surface area contributed by atoms with Gasteiger partial charge in [-0.15, -0.1) is 0 Å². The van der Waals surface area contributed by atoms with E-state index in [1.807, 2.05) is 0 Å².